The Bertz CT molecular complexity index is 735. The first-order valence-corrected chi connectivity index (χ1v) is 9.40. The number of amides is 1. The van der Waals surface area contributed by atoms with Gasteiger partial charge in [0.25, 0.3) is 0 Å². The Hall–Kier alpha value is -1.82. The van der Waals surface area contributed by atoms with Crippen molar-refractivity contribution in [2.45, 2.75) is 48.0 Å². The minimum absolute atomic E-state index is 0.0875. The van der Waals surface area contributed by atoms with Crippen LogP contribution in [-0.4, -0.2) is 39.7 Å². The van der Waals surface area contributed by atoms with Gasteiger partial charge in [0, 0.05) is 26.1 Å². The first-order chi connectivity index (χ1) is 11.6. The average Bonchev–Trinajstić information content (AvgIpc) is 3.51. The average molecular weight is 342 g/mol. The minimum Gasteiger partial charge on any atom is -0.348 e. The highest BCUT2D eigenvalue weighted by Crippen LogP contribution is 2.47. The van der Waals surface area contributed by atoms with Crippen molar-refractivity contribution in [3.63, 3.8) is 0 Å². The van der Waals surface area contributed by atoms with Crippen LogP contribution in [0.15, 0.2) is 35.5 Å². The summed E-state index contributed by atoms with van der Waals surface area (Å²) >= 11 is 1.54. The number of thioether (sulfide) groups is 1. The van der Waals surface area contributed by atoms with E-state index in [1.165, 1.54) is 37.4 Å². The fourth-order valence-electron chi connectivity index (χ4n) is 2.89. The number of aromatic nitrogens is 3. The van der Waals surface area contributed by atoms with Crippen LogP contribution in [0.1, 0.15) is 54.3 Å². The van der Waals surface area contributed by atoms with Crippen LogP contribution < -0.4 is 0 Å². The molecule has 2 aromatic rings. The molecule has 0 radical (unpaired) electrons. The van der Waals surface area contributed by atoms with Gasteiger partial charge in [-0.15, -0.1) is 10.2 Å². The quantitative estimate of drug-likeness (QED) is 0.755. The minimum atomic E-state index is -0.282. The number of rotatable bonds is 6. The van der Waals surface area contributed by atoms with Crippen molar-refractivity contribution in [2.24, 2.45) is 0 Å². The van der Waals surface area contributed by atoms with Gasteiger partial charge in [0.1, 0.15) is 11.1 Å². The summed E-state index contributed by atoms with van der Waals surface area (Å²) in [5, 5.41) is 9.52. The third kappa shape index (κ3) is 3.07. The highest BCUT2D eigenvalue weighted by atomic mass is 32.2. The van der Waals surface area contributed by atoms with Crippen molar-refractivity contribution in [1.82, 2.24) is 19.7 Å². The second-order valence-corrected chi connectivity index (χ2v) is 7.93. The van der Waals surface area contributed by atoms with E-state index in [2.05, 4.69) is 14.8 Å². The predicted molar refractivity (Wildman–Crippen MR) is 94.0 cm³/mol. The molecule has 0 aliphatic heterocycles. The molecular weight excluding hydrogens is 320 g/mol. The van der Waals surface area contributed by atoms with Gasteiger partial charge in [0.15, 0.2) is 5.16 Å². The summed E-state index contributed by atoms with van der Waals surface area (Å²) in [5.74, 6) is 1.79. The van der Waals surface area contributed by atoms with Crippen molar-refractivity contribution in [2.75, 3.05) is 14.1 Å². The standard InChI is InChI=1S/C18H22N4OS/c1-21(2)17(23)15(12-6-4-3-5-7-12)24-18-20-19-16(13-8-9-13)22(18)14-10-11-14/h3-7,13-15H,8-11H2,1-2H3. The molecule has 1 amide bonds. The molecule has 2 aliphatic rings. The number of carbonyl (C=O) groups excluding carboxylic acids is 1. The van der Waals surface area contributed by atoms with E-state index >= 15 is 0 Å². The molecule has 1 aromatic heterocycles. The maximum absolute atomic E-state index is 12.7. The molecule has 24 heavy (non-hydrogen) atoms. The molecule has 1 aromatic carbocycles. The van der Waals surface area contributed by atoms with Crippen molar-refractivity contribution >= 4 is 17.7 Å². The zero-order valence-electron chi connectivity index (χ0n) is 14.1. The molecule has 1 atom stereocenters. The van der Waals surface area contributed by atoms with Gasteiger partial charge in [0.05, 0.1) is 0 Å². The molecule has 6 heteroatoms. The number of benzene rings is 1. The second kappa shape index (κ2) is 6.24. The van der Waals surface area contributed by atoms with E-state index in [1.54, 1.807) is 19.0 Å². The lowest BCUT2D eigenvalue weighted by atomic mass is 10.1. The lowest BCUT2D eigenvalue weighted by molar-refractivity contribution is -0.128. The molecule has 0 saturated heterocycles. The zero-order chi connectivity index (χ0) is 16.7. The van der Waals surface area contributed by atoms with Crippen LogP contribution in [0, 0.1) is 0 Å². The Morgan fingerprint density at radius 1 is 1.17 bits per heavy atom. The van der Waals surface area contributed by atoms with Gasteiger partial charge in [-0.25, -0.2) is 0 Å². The monoisotopic (exact) mass is 342 g/mol. The number of hydrogen-bond acceptors (Lipinski definition) is 4. The van der Waals surface area contributed by atoms with E-state index in [0.717, 1.165) is 16.5 Å². The lowest BCUT2D eigenvalue weighted by Crippen LogP contribution is -2.27. The molecule has 126 valence electrons. The van der Waals surface area contributed by atoms with E-state index in [-0.39, 0.29) is 11.2 Å². The molecule has 2 aliphatic carbocycles. The van der Waals surface area contributed by atoms with Crippen molar-refractivity contribution in [3.8, 4) is 0 Å². The molecule has 1 heterocycles. The topological polar surface area (TPSA) is 51.0 Å². The molecule has 0 bridgehead atoms. The molecule has 0 spiro atoms. The first-order valence-electron chi connectivity index (χ1n) is 8.52. The van der Waals surface area contributed by atoms with Gasteiger partial charge in [-0.1, -0.05) is 42.1 Å². The summed E-state index contributed by atoms with van der Waals surface area (Å²) in [6.45, 7) is 0. The third-order valence-corrected chi connectivity index (χ3v) is 5.73. The smallest absolute Gasteiger partial charge is 0.240 e. The number of hydrogen-bond donors (Lipinski definition) is 0. The van der Waals surface area contributed by atoms with Gasteiger partial charge in [-0.05, 0) is 31.2 Å². The van der Waals surface area contributed by atoms with E-state index in [9.17, 15) is 4.79 Å². The van der Waals surface area contributed by atoms with Gasteiger partial charge in [-0.3, -0.25) is 4.79 Å². The summed E-state index contributed by atoms with van der Waals surface area (Å²) in [5.41, 5.74) is 1.01. The van der Waals surface area contributed by atoms with Crippen LogP contribution in [0.5, 0.6) is 0 Å². The zero-order valence-corrected chi connectivity index (χ0v) is 14.9. The lowest BCUT2D eigenvalue weighted by Gasteiger charge is -2.20. The van der Waals surface area contributed by atoms with Crippen LogP contribution in [0.25, 0.3) is 0 Å². The Labute approximate surface area is 146 Å². The van der Waals surface area contributed by atoms with E-state index in [0.29, 0.717) is 12.0 Å². The van der Waals surface area contributed by atoms with Gasteiger partial charge in [-0.2, -0.15) is 0 Å². The van der Waals surface area contributed by atoms with Gasteiger partial charge < -0.3 is 9.47 Å². The largest absolute Gasteiger partial charge is 0.348 e. The fraction of sp³-hybridized carbons (Fsp3) is 0.500. The summed E-state index contributed by atoms with van der Waals surface area (Å²) < 4.78 is 2.31. The van der Waals surface area contributed by atoms with Crippen molar-refractivity contribution < 1.29 is 4.79 Å². The molecule has 2 saturated carbocycles. The summed E-state index contributed by atoms with van der Waals surface area (Å²) in [6, 6.07) is 10.5. The number of carbonyl (C=O) groups is 1. The second-order valence-electron chi connectivity index (χ2n) is 6.86. The Balaban J connectivity index is 1.66. The normalized spacial score (nSPS) is 18.4. The SMILES string of the molecule is CN(C)C(=O)C(Sc1nnc(C2CC2)n1C1CC1)c1ccccc1. The summed E-state index contributed by atoms with van der Waals surface area (Å²) in [6.07, 6.45) is 4.83. The molecule has 0 N–H and O–H groups in total. The van der Waals surface area contributed by atoms with Crippen LogP contribution in [0.2, 0.25) is 0 Å². The van der Waals surface area contributed by atoms with Gasteiger partial charge >= 0.3 is 0 Å². The molecule has 1 unspecified atom stereocenters. The van der Waals surface area contributed by atoms with E-state index < -0.39 is 0 Å². The van der Waals surface area contributed by atoms with Crippen molar-refractivity contribution in [1.29, 1.82) is 0 Å². The molecule has 4 rings (SSSR count). The Morgan fingerprint density at radius 2 is 1.88 bits per heavy atom. The molecular formula is C18H22N4OS. The van der Waals surface area contributed by atoms with Crippen LogP contribution in [0.3, 0.4) is 0 Å². The number of nitrogens with zero attached hydrogens (tertiary/aromatic N) is 4. The summed E-state index contributed by atoms with van der Waals surface area (Å²) in [7, 11) is 3.61. The third-order valence-electron chi connectivity index (χ3n) is 4.54. The number of likely N-dealkylation sites (N-methyl/N-ethyl adjacent to an activating group) is 1. The van der Waals surface area contributed by atoms with Gasteiger partial charge in [0.2, 0.25) is 5.91 Å². The maximum atomic E-state index is 12.7. The van der Waals surface area contributed by atoms with Crippen LogP contribution in [0.4, 0.5) is 0 Å². The predicted octanol–water partition coefficient (Wildman–Crippen LogP) is 3.41. The van der Waals surface area contributed by atoms with Crippen LogP contribution in [-0.2, 0) is 4.79 Å². The fourth-order valence-corrected chi connectivity index (χ4v) is 4.15. The van der Waals surface area contributed by atoms with E-state index in [1.807, 2.05) is 30.3 Å². The molecule has 5 nitrogen and oxygen atoms in total. The highest BCUT2D eigenvalue weighted by molar-refractivity contribution is 8.00. The molecule has 2 fully saturated rings. The van der Waals surface area contributed by atoms with Crippen LogP contribution >= 0.6 is 11.8 Å². The maximum Gasteiger partial charge on any atom is 0.240 e. The van der Waals surface area contributed by atoms with E-state index in [4.69, 9.17) is 0 Å². The Kier molecular flexibility index (Phi) is 4.08. The summed E-state index contributed by atoms with van der Waals surface area (Å²) in [4.78, 5) is 14.4. The van der Waals surface area contributed by atoms with Crippen molar-refractivity contribution in [3.05, 3.63) is 41.7 Å². The highest BCUT2D eigenvalue weighted by Gasteiger charge is 2.37. The first kappa shape index (κ1) is 15.7. The Morgan fingerprint density at radius 3 is 2.46 bits per heavy atom.